The van der Waals surface area contributed by atoms with Crippen molar-refractivity contribution in [2.45, 2.75) is 18.4 Å². The van der Waals surface area contributed by atoms with Gasteiger partial charge in [0.15, 0.2) is 0 Å². The molecule has 264 valence electrons. The highest BCUT2D eigenvalue weighted by molar-refractivity contribution is 6.14. The molecule has 3 heterocycles. The van der Waals surface area contributed by atoms with Crippen LogP contribution in [0.25, 0.3) is 21.8 Å². The molecule has 2 atom stereocenters. The minimum atomic E-state index is -0.644. The minimum Gasteiger partial charge on any atom is -0.494 e. The lowest BCUT2D eigenvalue weighted by Crippen LogP contribution is -2.44. The van der Waals surface area contributed by atoms with E-state index in [1.54, 1.807) is 0 Å². The zero-order chi connectivity index (χ0) is 36.8. The van der Waals surface area contributed by atoms with Crippen LogP contribution in [0.15, 0.2) is 142 Å². The summed E-state index contributed by atoms with van der Waals surface area (Å²) in [7, 11) is 4.89. The summed E-state index contributed by atoms with van der Waals surface area (Å²) in [4.78, 5) is 48.2. The first kappa shape index (κ1) is 33.7. The van der Waals surface area contributed by atoms with E-state index >= 15 is 0 Å². The van der Waals surface area contributed by atoms with Crippen LogP contribution in [0.3, 0.4) is 0 Å². The number of aromatic hydroxyl groups is 1. The van der Waals surface area contributed by atoms with Crippen LogP contribution >= 0.6 is 0 Å². The number of para-hydroxylation sites is 1. The number of rotatable bonds is 8. The van der Waals surface area contributed by atoms with Crippen LogP contribution in [0.4, 0.5) is 0 Å². The van der Waals surface area contributed by atoms with E-state index < -0.39 is 23.2 Å². The largest absolute Gasteiger partial charge is 0.494 e. The number of benzene rings is 5. The first-order valence-corrected chi connectivity index (χ1v) is 17.7. The number of carbonyl (C=O) groups is 1. The van der Waals surface area contributed by atoms with Gasteiger partial charge in [-0.15, -0.1) is 0 Å². The standard InChI is InChI=1S/C44H39N5O4/c1-46-36-21-13-12-19-32(36)34-26-30(22-23-37(34)46)40-35(31-18-10-11-20-33(31)41(50)49(40)25-24-28-14-6-4-7-15-28)27-45-39(29-16-8-5-9-17-29)38-42(51)47(2)44(53)48(3)43(38)52/h4-23,26,35,40,51H,24-25,27H2,1-3H3/t35-,40-/m1/s1. The Kier molecular flexibility index (Phi) is 8.62. The van der Waals surface area contributed by atoms with Crippen LogP contribution in [-0.2, 0) is 27.6 Å². The van der Waals surface area contributed by atoms with Gasteiger partial charge in [0.05, 0.1) is 11.8 Å². The van der Waals surface area contributed by atoms with Gasteiger partial charge < -0.3 is 14.6 Å². The number of aryl methyl sites for hydroxylation is 1. The zero-order valence-corrected chi connectivity index (χ0v) is 29.8. The van der Waals surface area contributed by atoms with E-state index in [0.717, 1.165) is 47.6 Å². The smallest absolute Gasteiger partial charge is 0.333 e. The maximum Gasteiger partial charge on any atom is 0.333 e. The fraction of sp³-hybridized carbons (Fsp3) is 0.182. The monoisotopic (exact) mass is 701 g/mol. The Bertz CT molecular complexity index is 2670. The normalized spacial score (nSPS) is 16.0. The minimum absolute atomic E-state index is 0.0485. The van der Waals surface area contributed by atoms with Gasteiger partial charge in [-0.3, -0.25) is 23.7 Å². The molecule has 0 fully saturated rings. The predicted molar refractivity (Wildman–Crippen MR) is 209 cm³/mol. The van der Waals surface area contributed by atoms with E-state index in [-0.39, 0.29) is 29.6 Å². The molecule has 0 radical (unpaired) electrons. The molecule has 1 N–H and O–H groups in total. The van der Waals surface area contributed by atoms with Crippen LogP contribution in [0.1, 0.15) is 50.1 Å². The molecule has 8 rings (SSSR count). The molecule has 0 unspecified atom stereocenters. The third kappa shape index (κ3) is 5.74. The van der Waals surface area contributed by atoms with Gasteiger partial charge in [0.2, 0.25) is 5.88 Å². The number of amides is 1. The zero-order valence-electron chi connectivity index (χ0n) is 29.8. The highest BCUT2D eigenvalue weighted by atomic mass is 16.3. The van der Waals surface area contributed by atoms with E-state index in [0.29, 0.717) is 24.1 Å². The van der Waals surface area contributed by atoms with Gasteiger partial charge in [0.25, 0.3) is 11.5 Å². The molecule has 0 aliphatic carbocycles. The highest BCUT2D eigenvalue weighted by Gasteiger charge is 2.40. The van der Waals surface area contributed by atoms with Gasteiger partial charge in [-0.2, -0.15) is 0 Å². The first-order valence-electron chi connectivity index (χ1n) is 17.7. The number of fused-ring (bicyclic) bond motifs is 4. The van der Waals surface area contributed by atoms with Crippen LogP contribution in [-0.4, -0.2) is 48.4 Å². The molecule has 0 spiro atoms. The molecule has 2 aromatic heterocycles. The lowest BCUT2D eigenvalue weighted by atomic mass is 9.79. The SMILES string of the molecule is Cn1c(O)c(C(=NC[C@@H]2c3ccccc3C(=O)N(CCc3ccccc3)[C@@H]2c2ccc3c(c2)c2ccccc2n3C)c2ccccc2)c(=O)n(C)c1=O. The van der Waals surface area contributed by atoms with E-state index in [4.69, 9.17) is 4.99 Å². The first-order chi connectivity index (χ1) is 25.7. The molecule has 1 amide bonds. The van der Waals surface area contributed by atoms with Gasteiger partial charge >= 0.3 is 5.69 Å². The molecular formula is C44H39N5O4. The summed E-state index contributed by atoms with van der Waals surface area (Å²) in [6, 6.07) is 41.5. The molecule has 7 aromatic rings. The summed E-state index contributed by atoms with van der Waals surface area (Å²) in [6.45, 7) is 0.656. The summed E-state index contributed by atoms with van der Waals surface area (Å²) in [5, 5.41) is 13.5. The number of aromatic nitrogens is 3. The van der Waals surface area contributed by atoms with Crippen LogP contribution in [0.5, 0.6) is 5.88 Å². The second-order valence-corrected chi connectivity index (χ2v) is 13.7. The van der Waals surface area contributed by atoms with Crippen molar-refractivity contribution >= 4 is 33.4 Å². The van der Waals surface area contributed by atoms with Crippen molar-refractivity contribution in [2.75, 3.05) is 13.1 Å². The van der Waals surface area contributed by atoms with Crippen molar-refractivity contribution in [2.24, 2.45) is 26.1 Å². The van der Waals surface area contributed by atoms with E-state index in [1.165, 1.54) is 14.1 Å². The molecule has 5 aromatic carbocycles. The molecule has 1 aliphatic rings. The number of hydrogen-bond donors (Lipinski definition) is 1. The summed E-state index contributed by atoms with van der Waals surface area (Å²) < 4.78 is 4.23. The topological polar surface area (TPSA) is 102 Å². The Morgan fingerprint density at radius 1 is 0.698 bits per heavy atom. The van der Waals surface area contributed by atoms with Gasteiger partial charge in [-0.05, 0) is 47.4 Å². The fourth-order valence-corrected chi connectivity index (χ4v) is 7.94. The maximum atomic E-state index is 14.6. The molecule has 0 saturated carbocycles. The number of carbonyl (C=O) groups excluding carboxylic acids is 1. The lowest BCUT2D eigenvalue weighted by Gasteiger charge is -2.42. The predicted octanol–water partition coefficient (Wildman–Crippen LogP) is 6.50. The number of hydrogen-bond acceptors (Lipinski definition) is 5. The summed E-state index contributed by atoms with van der Waals surface area (Å²) in [5.41, 5.74) is 5.35. The van der Waals surface area contributed by atoms with E-state index in [2.05, 4.69) is 54.1 Å². The van der Waals surface area contributed by atoms with Crippen molar-refractivity contribution in [3.05, 3.63) is 182 Å². The van der Waals surface area contributed by atoms with Crippen LogP contribution < -0.4 is 11.2 Å². The Morgan fingerprint density at radius 3 is 2.13 bits per heavy atom. The third-order valence-electron chi connectivity index (χ3n) is 10.7. The highest BCUT2D eigenvalue weighted by Crippen LogP contribution is 2.44. The summed E-state index contributed by atoms with van der Waals surface area (Å²) in [6.07, 6.45) is 0.662. The summed E-state index contributed by atoms with van der Waals surface area (Å²) >= 11 is 0. The molecule has 53 heavy (non-hydrogen) atoms. The second-order valence-electron chi connectivity index (χ2n) is 13.7. The third-order valence-corrected chi connectivity index (χ3v) is 10.7. The molecule has 0 saturated heterocycles. The summed E-state index contributed by atoms with van der Waals surface area (Å²) in [5.74, 6) is -0.834. The van der Waals surface area contributed by atoms with Gasteiger partial charge in [0.1, 0.15) is 5.56 Å². The van der Waals surface area contributed by atoms with Crippen molar-refractivity contribution in [1.29, 1.82) is 0 Å². The average Bonchev–Trinajstić information content (AvgIpc) is 3.48. The van der Waals surface area contributed by atoms with E-state index in [1.807, 2.05) is 89.8 Å². The van der Waals surface area contributed by atoms with Crippen LogP contribution in [0, 0.1) is 0 Å². The van der Waals surface area contributed by atoms with Crippen LogP contribution in [0.2, 0.25) is 0 Å². The van der Waals surface area contributed by atoms with Crippen molar-refractivity contribution < 1.29 is 9.90 Å². The average molecular weight is 702 g/mol. The maximum absolute atomic E-state index is 14.6. The molecule has 9 heteroatoms. The second kappa shape index (κ2) is 13.6. The van der Waals surface area contributed by atoms with Gasteiger partial charge in [-0.1, -0.05) is 103 Å². The molecule has 0 bridgehead atoms. The van der Waals surface area contributed by atoms with Crippen molar-refractivity contribution in [1.82, 2.24) is 18.6 Å². The Labute approximate surface area is 306 Å². The Morgan fingerprint density at radius 2 is 1.36 bits per heavy atom. The molecule has 9 nitrogen and oxygen atoms in total. The van der Waals surface area contributed by atoms with Crippen molar-refractivity contribution in [3.63, 3.8) is 0 Å². The van der Waals surface area contributed by atoms with Gasteiger partial charge in [-0.25, -0.2) is 4.79 Å². The van der Waals surface area contributed by atoms with Crippen molar-refractivity contribution in [3.8, 4) is 5.88 Å². The quantitative estimate of drug-likeness (QED) is 0.183. The molecule has 1 aliphatic heterocycles. The Balaban J connectivity index is 1.34. The lowest BCUT2D eigenvalue weighted by molar-refractivity contribution is 0.0614. The fourth-order valence-electron chi connectivity index (χ4n) is 7.94. The van der Waals surface area contributed by atoms with Gasteiger partial charge in [0, 0.05) is 73.1 Å². The molecular weight excluding hydrogens is 663 g/mol. The van der Waals surface area contributed by atoms with E-state index in [9.17, 15) is 19.5 Å². The number of aliphatic imine (C=N–C) groups is 1. The number of nitrogens with zero attached hydrogens (tertiary/aromatic N) is 5. The Hall–Kier alpha value is -6.48.